The fraction of sp³-hybridized carbons (Fsp3) is 0.769. The second-order valence-electron chi connectivity index (χ2n) is 5.79. The molecule has 1 amide bonds. The molecule has 6 heteroatoms. The molecule has 2 heterocycles. The molecule has 1 N–H and O–H groups in total. The van der Waals surface area contributed by atoms with Crippen LogP contribution >= 0.6 is 0 Å². The first kappa shape index (κ1) is 14.0. The Morgan fingerprint density at radius 2 is 2.21 bits per heavy atom. The number of nitrogens with zero attached hydrogens (tertiary/aromatic N) is 4. The molecule has 0 spiro atoms. The van der Waals surface area contributed by atoms with E-state index in [0.29, 0.717) is 17.7 Å². The van der Waals surface area contributed by atoms with Gasteiger partial charge in [-0.05, 0) is 19.3 Å². The zero-order chi connectivity index (χ0) is 14.0. The molecule has 1 aromatic rings. The van der Waals surface area contributed by atoms with Crippen molar-refractivity contribution in [2.24, 2.45) is 5.92 Å². The number of aromatic nitrogens is 3. The summed E-state index contributed by atoms with van der Waals surface area (Å²) in [5, 5.41) is 11.2. The molecule has 1 aliphatic rings. The van der Waals surface area contributed by atoms with Crippen LogP contribution in [0.3, 0.4) is 0 Å². The molecule has 1 atom stereocenters. The monoisotopic (exact) mass is 265 g/mol. The van der Waals surface area contributed by atoms with Gasteiger partial charge in [-0.2, -0.15) is 0 Å². The molecule has 0 aromatic carbocycles. The van der Waals surface area contributed by atoms with E-state index >= 15 is 0 Å². The van der Waals surface area contributed by atoms with Crippen LogP contribution in [-0.4, -0.2) is 52.0 Å². The second-order valence-corrected chi connectivity index (χ2v) is 5.79. The lowest BCUT2D eigenvalue weighted by molar-refractivity contribution is 0.0722. The Morgan fingerprint density at radius 1 is 1.53 bits per heavy atom. The largest absolute Gasteiger partial charge is 0.338 e. The number of hydrogen-bond donors (Lipinski definition) is 1. The quantitative estimate of drug-likeness (QED) is 0.860. The summed E-state index contributed by atoms with van der Waals surface area (Å²) >= 11 is 0. The van der Waals surface area contributed by atoms with Crippen molar-refractivity contribution in [2.45, 2.75) is 39.3 Å². The summed E-state index contributed by atoms with van der Waals surface area (Å²) in [6.07, 6.45) is 2.75. The fourth-order valence-corrected chi connectivity index (χ4v) is 2.23. The highest BCUT2D eigenvalue weighted by atomic mass is 16.2. The lowest BCUT2D eigenvalue weighted by Crippen LogP contribution is -2.43. The third-order valence-corrected chi connectivity index (χ3v) is 3.66. The van der Waals surface area contributed by atoms with Crippen molar-refractivity contribution in [3.8, 4) is 0 Å². The average molecular weight is 265 g/mol. The molecule has 1 aliphatic heterocycles. The Balaban J connectivity index is 1.99. The van der Waals surface area contributed by atoms with Crippen molar-refractivity contribution < 1.29 is 4.79 Å². The molecule has 1 aromatic heterocycles. The summed E-state index contributed by atoms with van der Waals surface area (Å²) < 4.78 is 1.78. The van der Waals surface area contributed by atoms with E-state index in [-0.39, 0.29) is 11.9 Å². The molecule has 19 heavy (non-hydrogen) atoms. The minimum Gasteiger partial charge on any atom is -0.338 e. The molecule has 0 bridgehead atoms. The first-order valence-electron chi connectivity index (χ1n) is 6.88. The van der Waals surface area contributed by atoms with Gasteiger partial charge in [0.1, 0.15) is 0 Å². The molecular formula is C13H23N5O. The van der Waals surface area contributed by atoms with E-state index in [0.717, 1.165) is 19.5 Å². The summed E-state index contributed by atoms with van der Waals surface area (Å²) in [5.74, 6) is 0.522. The molecule has 1 fully saturated rings. The first-order valence-corrected chi connectivity index (χ1v) is 6.88. The number of amides is 1. The van der Waals surface area contributed by atoms with E-state index in [9.17, 15) is 4.79 Å². The summed E-state index contributed by atoms with van der Waals surface area (Å²) in [7, 11) is 1.83. The molecule has 106 valence electrons. The van der Waals surface area contributed by atoms with Gasteiger partial charge in [0.15, 0.2) is 5.69 Å². The summed E-state index contributed by atoms with van der Waals surface area (Å²) in [6.45, 7) is 8.19. The zero-order valence-electron chi connectivity index (χ0n) is 12.1. The topological polar surface area (TPSA) is 63.1 Å². The molecular weight excluding hydrogens is 242 g/mol. The van der Waals surface area contributed by atoms with Crippen LogP contribution in [0, 0.1) is 5.92 Å². The first-order chi connectivity index (χ1) is 8.99. The maximum Gasteiger partial charge on any atom is 0.276 e. The van der Waals surface area contributed by atoms with Gasteiger partial charge in [0.05, 0.1) is 12.2 Å². The van der Waals surface area contributed by atoms with Crippen LogP contribution in [0.25, 0.3) is 0 Å². The highest BCUT2D eigenvalue weighted by molar-refractivity contribution is 5.91. The van der Waals surface area contributed by atoms with Crippen molar-refractivity contribution in [3.63, 3.8) is 0 Å². The van der Waals surface area contributed by atoms with Gasteiger partial charge >= 0.3 is 0 Å². The maximum absolute atomic E-state index is 12.3. The van der Waals surface area contributed by atoms with Gasteiger partial charge in [-0.25, -0.2) is 4.68 Å². The second kappa shape index (κ2) is 5.69. The normalized spacial score (nSPS) is 17.3. The van der Waals surface area contributed by atoms with Crippen molar-refractivity contribution >= 4 is 5.91 Å². The van der Waals surface area contributed by atoms with E-state index in [1.54, 1.807) is 15.8 Å². The molecule has 0 saturated carbocycles. The van der Waals surface area contributed by atoms with Gasteiger partial charge in [0.25, 0.3) is 5.91 Å². The number of nitrogens with one attached hydrogen (secondary N) is 1. The zero-order valence-corrected chi connectivity index (χ0v) is 12.1. The Kier molecular flexibility index (Phi) is 4.19. The van der Waals surface area contributed by atoms with E-state index in [1.165, 1.54) is 0 Å². The lowest BCUT2D eigenvalue weighted by Gasteiger charge is -2.26. The fourth-order valence-electron chi connectivity index (χ4n) is 2.23. The predicted molar refractivity (Wildman–Crippen MR) is 72.9 cm³/mol. The Labute approximate surface area is 114 Å². The van der Waals surface area contributed by atoms with Crippen LogP contribution in [0.1, 0.15) is 43.7 Å². The summed E-state index contributed by atoms with van der Waals surface area (Å²) in [4.78, 5) is 14.1. The minimum atomic E-state index is -0.0494. The number of hydrogen-bond acceptors (Lipinski definition) is 4. The SMILES string of the molecule is CC(C)CC(C)N(C)C(=O)c1cn(C2CNC2)nn1. The molecule has 2 rings (SSSR count). The van der Waals surface area contributed by atoms with Crippen LogP contribution in [0.5, 0.6) is 0 Å². The number of carbonyl (C=O) groups excluding carboxylic acids is 1. The smallest absolute Gasteiger partial charge is 0.276 e. The third-order valence-electron chi connectivity index (χ3n) is 3.66. The molecule has 1 unspecified atom stereocenters. The van der Waals surface area contributed by atoms with E-state index < -0.39 is 0 Å². The van der Waals surface area contributed by atoms with Gasteiger partial charge in [-0.15, -0.1) is 5.10 Å². The van der Waals surface area contributed by atoms with Gasteiger partial charge in [0, 0.05) is 26.2 Å². The van der Waals surface area contributed by atoms with E-state index in [2.05, 4.69) is 36.4 Å². The van der Waals surface area contributed by atoms with Crippen molar-refractivity contribution in [1.29, 1.82) is 0 Å². The van der Waals surface area contributed by atoms with Gasteiger partial charge in [0.2, 0.25) is 0 Å². The van der Waals surface area contributed by atoms with Crippen LogP contribution in [0.4, 0.5) is 0 Å². The Morgan fingerprint density at radius 3 is 2.74 bits per heavy atom. The van der Waals surface area contributed by atoms with Gasteiger partial charge in [-0.3, -0.25) is 4.79 Å². The molecule has 6 nitrogen and oxygen atoms in total. The maximum atomic E-state index is 12.3. The minimum absolute atomic E-state index is 0.0494. The van der Waals surface area contributed by atoms with E-state index in [4.69, 9.17) is 0 Å². The third kappa shape index (κ3) is 3.12. The van der Waals surface area contributed by atoms with Crippen LogP contribution in [-0.2, 0) is 0 Å². The molecule has 1 saturated heterocycles. The Bertz CT molecular complexity index is 438. The van der Waals surface area contributed by atoms with Gasteiger partial charge < -0.3 is 10.2 Å². The standard InChI is InChI=1S/C13H23N5O/c1-9(2)5-10(3)17(4)13(19)12-8-18(16-15-12)11-6-14-7-11/h8-11,14H,5-7H2,1-4H3. The Hall–Kier alpha value is -1.43. The van der Waals surface area contributed by atoms with Crippen molar-refractivity contribution in [1.82, 2.24) is 25.2 Å². The van der Waals surface area contributed by atoms with Crippen LogP contribution in [0.15, 0.2) is 6.20 Å². The predicted octanol–water partition coefficient (Wildman–Crippen LogP) is 0.929. The highest BCUT2D eigenvalue weighted by Gasteiger charge is 2.24. The molecule has 0 radical (unpaired) electrons. The lowest BCUT2D eigenvalue weighted by atomic mass is 10.0. The van der Waals surface area contributed by atoms with Crippen LogP contribution in [0.2, 0.25) is 0 Å². The van der Waals surface area contributed by atoms with E-state index in [1.807, 2.05) is 7.05 Å². The summed E-state index contributed by atoms with van der Waals surface area (Å²) in [5.41, 5.74) is 0.435. The average Bonchev–Trinajstić information content (AvgIpc) is 2.73. The van der Waals surface area contributed by atoms with Gasteiger partial charge in [-0.1, -0.05) is 19.1 Å². The van der Waals surface area contributed by atoms with Crippen molar-refractivity contribution in [3.05, 3.63) is 11.9 Å². The molecule has 0 aliphatic carbocycles. The number of rotatable bonds is 5. The number of carbonyl (C=O) groups is 1. The summed E-state index contributed by atoms with van der Waals surface area (Å²) in [6, 6.07) is 0.551. The van der Waals surface area contributed by atoms with Crippen LogP contribution < -0.4 is 5.32 Å². The highest BCUT2D eigenvalue weighted by Crippen LogP contribution is 2.14. The van der Waals surface area contributed by atoms with Crippen molar-refractivity contribution in [2.75, 3.05) is 20.1 Å².